The van der Waals surface area contributed by atoms with E-state index in [9.17, 15) is 8.78 Å². The zero-order valence-corrected chi connectivity index (χ0v) is 12.7. The van der Waals surface area contributed by atoms with Crippen LogP contribution in [-0.2, 0) is 0 Å². The average Bonchev–Trinajstić information content (AvgIpc) is 2.83. The first-order valence-electron chi connectivity index (χ1n) is 7.57. The van der Waals surface area contributed by atoms with E-state index in [1.165, 1.54) is 12.1 Å². The minimum absolute atomic E-state index is 0.0903. The van der Waals surface area contributed by atoms with Crippen molar-refractivity contribution in [3.63, 3.8) is 0 Å². The van der Waals surface area contributed by atoms with Gasteiger partial charge in [0.25, 0.3) is 0 Å². The largest absolute Gasteiger partial charge is 0.323 e. The van der Waals surface area contributed by atoms with Gasteiger partial charge in [-0.1, -0.05) is 32.8 Å². The molecule has 0 saturated heterocycles. The number of halogens is 2. The number of rotatable bonds is 4. The molecule has 1 atom stereocenters. The Hall–Kier alpha value is -0.960. The Morgan fingerprint density at radius 2 is 1.80 bits per heavy atom. The lowest BCUT2D eigenvalue weighted by Crippen LogP contribution is -2.35. The summed E-state index contributed by atoms with van der Waals surface area (Å²) < 4.78 is 28.5. The van der Waals surface area contributed by atoms with Gasteiger partial charge < -0.3 is 5.73 Å². The molecule has 0 amide bonds. The van der Waals surface area contributed by atoms with Crippen molar-refractivity contribution < 1.29 is 8.78 Å². The highest BCUT2D eigenvalue weighted by molar-refractivity contribution is 5.30. The maximum atomic E-state index is 14.4. The molecule has 1 aliphatic rings. The highest BCUT2D eigenvalue weighted by atomic mass is 19.1. The molecule has 2 N–H and O–H groups in total. The molecule has 1 fully saturated rings. The first-order chi connectivity index (χ1) is 9.37. The molecular weight excluding hydrogens is 256 g/mol. The van der Waals surface area contributed by atoms with Gasteiger partial charge in [-0.3, -0.25) is 0 Å². The van der Waals surface area contributed by atoms with E-state index < -0.39 is 17.7 Å². The molecule has 3 heteroatoms. The second-order valence-corrected chi connectivity index (χ2v) is 6.74. The fraction of sp³-hybridized carbons (Fsp3) is 0.647. The van der Waals surface area contributed by atoms with Gasteiger partial charge in [0.05, 0.1) is 0 Å². The topological polar surface area (TPSA) is 26.0 Å². The van der Waals surface area contributed by atoms with Crippen molar-refractivity contribution >= 4 is 0 Å². The molecule has 0 heterocycles. The van der Waals surface area contributed by atoms with E-state index in [1.54, 1.807) is 6.92 Å². The van der Waals surface area contributed by atoms with Crippen LogP contribution in [0.25, 0.3) is 0 Å². The van der Waals surface area contributed by atoms with E-state index in [1.807, 2.05) is 0 Å². The highest BCUT2D eigenvalue weighted by Crippen LogP contribution is 2.51. The standard InChI is InChI=1S/C17H25F2N/c1-11(2)10-17(8-4-5-9-17)16(20)14-13(18)7-6-12(3)15(14)19/h6-7,11,16H,4-5,8-10,20H2,1-3H3. The first-order valence-corrected chi connectivity index (χ1v) is 7.57. The third-order valence-electron chi connectivity index (χ3n) is 4.70. The van der Waals surface area contributed by atoms with Gasteiger partial charge in [-0.2, -0.15) is 0 Å². The van der Waals surface area contributed by atoms with Gasteiger partial charge in [0, 0.05) is 11.6 Å². The number of hydrogen-bond acceptors (Lipinski definition) is 1. The fourth-order valence-corrected chi connectivity index (χ4v) is 3.80. The summed E-state index contributed by atoms with van der Waals surface area (Å²) in [6.07, 6.45) is 5.09. The first kappa shape index (κ1) is 15.4. The van der Waals surface area contributed by atoms with Gasteiger partial charge in [-0.05, 0) is 49.1 Å². The second-order valence-electron chi connectivity index (χ2n) is 6.74. The normalized spacial score (nSPS) is 19.6. The molecule has 1 aromatic carbocycles. The monoisotopic (exact) mass is 281 g/mol. The fourth-order valence-electron chi connectivity index (χ4n) is 3.80. The van der Waals surface area contributed by atoms with Gasteiger partial charge in [0.2, 0.25) is 0 Å². The van der Waals surface area contributed by atoms with Crippen molar-refractivity contribution in [1.29, 1.82) is 0 Å². The summed E-state index contributed by atoms with van der Waals surface area (Å²) in [5, 5.41) is 0. The van der Waals surface area contributed by atoms with Gasteiger partial charge in [0.15, 0.2) is 0 Å². The summed E-state index contributed by atoms with van der Waals surface area (Å²) >= 11 is 0. The maximum Gasteiger partial charge on any atom is 0.133 e. The molecule has 1 unspecified atom stereocenters. The Labute approximate surface area is 120 Å². The zero-order chi connectivity index (χ0) is 14.9. The van der Waals surface area contributed by atoms with E-state index in [-0.39, 0.29) is 11.0 Å². The second kappa shape index (κ2) is 5.80. The van der Waals surface area contributed by atoms with Crippen LogP contribution in [0.4, 0.5) is 8.78 Å². The zero-order valence-electron chi connectivity index (χ0n) is 12.7. The van der Waals surface area contributed by atoms with E-state index in [4.69, 9.17) is 5.73 Å². The van der Waals surface area contributed by atoms with Gasteiger partial charge in [-0.15, -0.1) is 0 Å². The lowest BCUT2D eigenvalue weighted by atomic mass is 9.70. The van der Waals surface area contributed by atoms with Crippen LogP contribution in [0.2, 0.25) is 0 Å². The third kappa shape index (κ3) is 2.73. The molecule has 0 aliphatic heterocycles. The van der Waals surface area contributed by atoms with Gasteiger partial charge in [-0.25, -0.2) is 8.78 Å². The van der Waals surface area contributed by atoms with Crippen LogP contribution < -0.4 is 5.73 Å². The Bertz CT molecular complexity index is 476. The molecule has 0 spiro atoms. The van der Waals surface area contributed by atoms with E-state index >= 15 is 0 Å². The predicted octanol–water partition coefficient (Wildman–Crippen LogP) is 4.88. The van der Waals surface area contributed by atoms with Gasteiger partial charge in [0.1, 0.15) is 11.6 Å². The summed E-state index contributed by atoms with van der Waals surface area (Å²) in [7, 11) is 0. The van der Waals surface area contributed by atoms with Crippen molar-refractivity contribution in [3.8, 4) is 0 Å². The average molecular weight is 281 g/mol. The molecule has 0 aromatic heterocycles. The number of aryl methyl sites for hydroxylation is 1. The summed E-state index contributed by atoms with van der Waals surface area (Å²) in [6, 6.07) is 2.27. The molecule has 1 nitrogen and oxygen atoms in total. The van der Waals surface area contributed by atoms with E-state index in [0.717, 1.165) is 32.1 Å². The van der Waals surface area contributed by atoms with Crippen molar-refractivity contribution in [1.82, 2.24) is 0 Å². The Morgan fingerprint density at radius 1 is 1.20 bits per heavy atom. The molecule has 20 heavy (non-hydrogen) atoms. The van der Waals surface area contributed by atoms with Crippen LogP contribution in [0, 0.1) is 29.9 Å². The van der Waals surface area contributed by atoms with Crippen molar-refractivity contribution in [2.75, 3.05) is 0 Å². The van der Waals surface area contributed by atoms with Crippen LogP contribution in [0.5, 0.6) is 0 Å². The van der Waals surface area contributed by atoms with Gasteiger partial charge >= 0.3 is 0 Å². The molecule has 1 aromatic rings. The number of benzene rings is 1. The van der Waals surface area contributed by atoms with Crippen LogP contribution >= 0.6 is 0 Å². The summed E-state index contributed by atoms with van der Waals surface area (Å²) in [5.41, 5.74) is 6.78. The minimum atomic E-state index is -0.549. The van der Waals surface area contributed by atoms with Crippen LogP contribution in [0.3, 0.4) is 0 Å². The third-order valence-corrected chi connectivity index (χ3v) is 4.70. The summed E-state index contributed by atoms with van der Waals surface area (Å²) in [5.74, 6) is -0.488. The maximum absolute atomic E-state index is 14.4. The lowest BCUT2D eigenvalue weighted by Gasteiger charge is -2.37. The molecule has 2 rings (SSSR count). The molecule has 0 radical (unpaired) electrons. The Balaban J connectivity index is 2.43. The Morgan fingerprint density at radius 3 is 2.35 bits per heavy atom. The molecule has 1 saturated carbocycles. The van der Waals surface area contributed by atoms with Crippen molar-refractivity contribution in [3.05, 3.63) is 34.9 Å². The van der Waals surface area contributed by atoms with E-state index in [0.29, 0.717) is 11.5 Å². The summed E-state index contributed by atoms with van der Waals surface area (Å²) in [6.45, 7) is 5.96. The molecule has 1 aliphatic carbocycles. The Kier molecular flexibility index (Phi) is 4.48. The van der Waals surface area contributed by atoms with Crippen LogP contribution in [0.1, 0.15) is 63.1 Å². The summed E-state index contributed by atoms with van der Waals surface area (Å²) in [4.78, 5) is 0. The quantitative estimate of drug-likeness (QED) is 0.836. The smallest absolute Gasteiger partial charge is 0.133 e. The molecule has 112 valence electrons. The highest BCUT2D eigenvalue weighted by Gasteiger charge is 2.42. The SMILES string of the molecule is Cc1ccc(F)c(C(N)C2(CC(C)C)CCCC2)c1F. The lowest BCUT2D eigenvalue weighted by molar-refractivity contribution is 0.177. The molecular formula is C17H25F2N. The van der Waals surface area contributed by atoms with E-state index in [2.05, 4.69) is 13.8 Å². The van der Waals surface area contributed by atoms with Crippen molar-refractivity contribution in [2.24, 2.45) is 17.1 Å². The van der Waals surface area contributed by atoms with Crippen LogP contribution in [0.15, 0.2) is 12.1 Å². The number of hydrogen-bond donors (Lipinski definition) is 1. The van der Waals surface area contributed by atoms with Crippen molar-refractivity contribution in [2.45, 2.75) is 58.9 Å². The molecule has 0 bridgehead atoms. The van der Waals surface area contributed by atoms with Crippen LogP contribution in [-0.4, -0.2) is 0 Å². The predicted molar refractivity (Wildman–Crippen MR) is 78.4 cm³/mol. The minimum Gasteiger partial charge on any atom is -0.323 e. The number of nitrogens with two attached hydrogens (primary N) is 1.